The van der Waals surface area contributed by atoms with Crippen LogP contribution in [0.25, 0.3) is 0 Å². The maximum absolute atomic E-state index is 12.1. The van der Waals surface area contributed by atoms with Crippen LogP contribution < -0.4 is 4.74 Å². The minimum atomic E-state index is -3.84. The van der Waals surface area contributed by atoms with Gasteiger partial charge in [-0.15, -0.1) is 0 Å². The van der Waals surface area contributed by atoms with Crippen LogP contribution in [0, 0.1) is 0 Å². The highest BCUT2D eigenvalue weighted by Crippen LogP contribution is 2.37. The fourth-order valence-corrected chi connectivity index (χ4v) is 2.70. The Bertz CT molecular complexity index is 645. The molecule has 0 fully saturated rings. The smallest absolute Gasteiger partial charge is 0.317 e. The summed E-state index contributed by atoms with van der Waals surface area (Å²) < 4.78 is 33.4. The van der Waals surface area contributed by atoms with Crippen LogP contribution in [0.3, 0.4) is 0 Å². The third-order valence-corrected chi connectivity index (χ3v) is 4.09. The topological polar surface area (TPSA) is 69.7 Å². The zero-order valence-electron chi connectivity index (χ0n) is 11.3. The molecule has 5 nitrogen and oxygen atoms in total. The molecule has 0 aromatic heterocycles. The van der Waals surface area contributed by atoms with E-state index in [2.05, 4.69) is 0 Å². The molecule has 2 rings (SSSR count). The Labute approximate surface area is 122 Å². The molecule has 1 unspecified atom stereocenters. The lowest BCUT2D eigenvalue weighted by atomic mass is 10.0. The first-order chi connectivity index (χ1) is 9.08. The van der Waals surface area contributed by atoms with Gasteiger partial charge in [-0.05, 0) is 39.0 Å². The Morgan fingerprint density at radius 2 is 2.05 bits per heavy atom. The highest BCUT2D eigenvalue weighted by Gasteiger charge is 2.34. The van der Waals surface area contributed by atoms with Crippen molar-refractivity contribution in [1.82, 2.24) is 0 Å². The van der Waals surface area contributed by atoms with Gasteiger partial charge in [-0.2, -0.15) is 0 Å². The van der Waals surface area contributed by atoms with E-state index in [1.165, 1.54) is 18.2 Å². The SMILES string of the molecule is CC(C)(C)OC(=O)C1COc2ccc(S(=O)(=O)Cl)cc21. The van der Waals surface area contributed by atoms with Crippen molar-refractivity contribution >= 4 is 25.7 Å². The standard InChI is InChI=1S/C13H15ClO5S/c1-13(2,3)19-12(15)10-7-18-11-5-4-8(6-9(10)11)20(14,16)17/h4-6,10H,7H2,1-3H3. The average Bonchev–Trinajstić information content (AvgIpc) is 2.67. The predicted octanol–water partition coefficient (Wildman–Crippen LogP) is 2.43. The second kappa shape index (κ2) is 4.93. The highest BCUT2D eigenvalue weighted by molar-refractivity contribution is 8.13. The van der Waals surface area contributed by atoms with E-state index < -0.39 is 26.5 Å². The largest absolute Gasteiger partial charge is 0.492 e. The van der Waals surface area contributed by atoms with Crippen LogP contribution in [0.1, 0.15) is 32.3 Å². The Kier molecular flexibility index (Phi) is 3.73. The summed E-state index contributed by atoms with van der Waals surface area (Å²) in [4.78, 5) is 12.0. The predicted molar refractivity (Wildman–Crippen MR) is 73.6 cm³/mol. The molecule has 0 spiro atoms. The zero-order chi connectivity index (χ0) is 15.1. The first-order valence-electron chi connectivity index (χ1n) is 6.02. The van der Waals surface area contributed by atoms with Gasteiger partial charge in [0.05, 0.1) is 4.90 Å². The quantitative estimate of drug-likeness (QED) is 0.618. The number of rotatable bonds is 2. The van der Waals surface area contributed by atoms with Gasteiger partial charge in [-0.3, -0.25) is 4.79 Å². The number of hydrogen-bond donors (Lipinski definition) is 0. The van der Waals surface area contributed by atoms with Crippen molar-refractivity contribution in [2.45, 2.75) is 37.2 Å². The van der Waals surface area contributed by atoms with Gasteiger partial charge in [0, 0.05) is 16.2 Å². The number of carbonyl (C=O) groups is 1. The van der Waals surface area contributed by atoms with Gasteiger partial charge in [-0.25, -0.2) is 8.42 Å². The van der Waals surface area contributed by atoms with Crippen molar-refractivity contribution in [2.24, 2.45) is 0 Å². The molecule has 0 N–H and O–H groups in total. The van der Waals surface area contributed by atoms with Crippen LogP contribution in [0.5, 0.6) is 5.75 Å². The Morgan fingerprint density at radius 3 is 2.60 bits per heavy atom. The molecule has 1 aliphatic rings. The first kappa shape index (κ1) is 15.1. The monoisotopic (exact) mass is 318 g/mol. The van der Waals surface area contributed by atoms with Crippen LogP contribution in [0.15, 0.2) is 23.1 Å². The molecule has 0 saturated carbocycles. The summed E-state index contributed by atoms with van der Waals surface area (Å²) in [5, 5.41) is 0. The summed E-state index contributed by atoms with van der Waals surface area (Å²) in [6, 6.07) is 4.20. The van der Waals surface area contributed by atoms with Crippen LogP contribution >= 0.6 is 10.7 Å². The molecule has 0 aliphatic carbocycles. The first-order valence-corrected chi connectivity index (χ1v) is 8.33. The summed E-state index contributed by atoms with van der Waals surface area (Å²) in [5.74, 6) is -0.604. The van der Waals surface area contributed by atoms with Crippen molar-refractivity contribution in [3.05, 3.63) is 23.8 Å². The molecule has 1 heterocycles. The fraction of sp³-hybridized carbons (Fsp3) is 0.462. The van der Waals surface area contributed by atoms with Crippen molar-refractivity contribution < 1.29 is 22.7 Å². The van der Waals surface area contributed by atoms with Crippen LogP contribution in [-0.4, -0.2) is 26.6 Å². The number of hydrogen-bond acceptors (Lipinski definition) is 5. The van der Waals surface area contributed by atoms with Crippen LogP contribution in [-0.2, 0) is 18.6 Å². The molecule has 0 bridgehead atoms. The van der Waals surface area contributed by atoms with Crippen LogP contribution in [0.4, 0.5) is 0 Å². The molecule has 20 heavy (non-hydrogen) atoms. The van der Waals surface area contributed by atoms with E-state index in [1.807, 2.05) is 0 Å². The summed E-state index contributed by atoms with van der Waals surface area (Å²) >= 11 is 0. The maximum atomic E-state index is 12.1. The second-order valence-corrected chi connectivity index (χ2v) is 8.10. The number of halogens is 1. The summed E-state index contributed by atoms with van der Waals surface area (Å²) in [7, 11) is 1.47. The van der Waals surface area contributed by atoms with E-state index in [0.717, 1.165) is 0 Å². The summed E-state index contributed by atoms with van der Waals surface area (Å²) in [6.07, 6.45) is 0. The molecule has 110 valence electrons. The Hall–Kier alpha value is -1.27. The van der Waals surface area contributed by atoms with Gasteiger partial charge >= 0.3 is 5.97 Å². The number of carbonyl (C=O) groups excluding carboxylic acids is 1. The molecule has 1 aromatic carbocycles. The fourth-order valence-electron chi connectivity index (χ4n) is 1.91. The van der Waals surface area contributed by atoms with Crippen molar-refractivity contribution in [1.29, 1.82) is 0 Å². The van der Waals surface area contributed by atoms with E-state index in [0.29, 0.717) is 11.3 Å². The van der Waals surface area contributed by atoms with Gasteiger partial charge in [-0.1, -0.05) is 0 Å². The van der Waals surface area contributed by atoms with Crippen molar-refractivity contribution in [3.8, 4) is 5.75 Å². The van der Waals surface area contributed by atoms with E-state index >= 15 is 0 Å². The van der Waals surface area contributed by atoms with E-state index in [9.17, 15) is 13.2 Å². The molecule has 0 saturated heterocycles. The minimum Gasteiger partial charge on any atom is -0.492 e. The Morgan fingerprint density at radius 1 is 1.40 bits per heavy atom. The molecule has 1 aliphatic heterocycles. The number of ether oxygens (including phenoxy) is 2. The van der Waals surface area contributed by atoms with Crippen molar-refractivity contribution in [2.75, 3.05) is 6.61 Å². The minimum absolute atomic E-state index is 0.0584. The molecular formula is C13H15ClO5S. The lowest BCUT2D eigenvalue weighted by molar-refractivity contribution is -0.156. The lowest BCUT2D eigenvalue weighted by Crippen LogP contribution is -2.28. The van der Waals surface area contributed by atoms with Gasteiger partial charge in [0.2, 0.25) is 0 Å². The molecular weight excluding hydrogens is 304 g/mol. The number of esters is 1. The zero-order valence-corrected chi connectivity index (χ0v) is 12.9. The number of benzene rings is 1. The van der Waals surface area contributed by atoms with Crippen molar-refractivity contribution in [3.63, 3.8) is 0 Å². The third-order valence-electron chi connectivity index (χ3n) is 2.74. The highest BCUT2D eigenvalue weighted by atomic mass is 35.7. The third kappa shape index (κ3) is 3.24. The molecule has 1 atom stereocenters. The molecule has 0 amide bonds. The summed E-state index contributed by atoms with van der Waals surface area (Å²) in [6.45, 7) is 5.43. The number of fused-ring (bicyclic) bond motifs is 1. The Balaban J connectivity index is 2.34. The van der Waals surface area contributed by atoms with E-state index in [1.54, 1.807) is 20.8 Å². The summed E-state index contributed by atoms with van der Waals surface area (Å²) in [5.41, 5.74) is -0.128. The second-order valence-electron chi connectivity index (χ2n) is 5.53. The van der Waals surface area contributed by atoms with Gasteiger partial charge in [0.1, 0.15) is 23.9 Å². The maximum Gasteiger partial charge on any atom is 0.317 e. The molecule has 0 radical (unpaired) electrons. The van der Waals surface area contributed by atoms with Gasteiger partial charge in [0.15, 0.2) is 0 Å². The average molecular weight is 319 g/mol. The van der Waals surface area contributed by atoms with Gasteiger partial charge in [0.25, 0.3) is 9.05 Å². The van der Waals surface area contributed by atoms with Crippen LogP contribution in [0.2, 0.25) is 0 Å². The van der Waals surface area contributed by atoms with E-state index in [-0.39, 0.29) is 11.5 Å². The normalized spacial score (nSPS) is 18.3. The molecule has 1 aromatic rings. The van der Waals surface area contributed by atoms with E-state index in [4.69, 9.17) is 20.2 Å². The molecule has 7 heteroatoms. The lowest BCUT2D eigenvalue weighted by Gasteiger charge is -2.21. The van der Waals surface area contributed by atoms with Gasteiger partial charge < -0.3 is 9.47 Å².